The third kappa shape index (κ3) is 1.86. The molecule has 1 heterocycles. The van der Waals surface area contributed by atoms with Crippen LogP contribution in [0.2, 0.25) is 0 Å². The molecule has 1 amide bonds. The van der Waals surface area contributed by atoms with Crippen LogP contribution < -0.4 is 5.73 Å². The van der Waals surface area contributed by atoms with Crippen LogP contribution in [0.3, 0.4) is 0 Å². The lowest BCUT2D eigenvalue weighted by molar-refractivity contribution is 0.0870. The molecule has 1 aliphatic rings. The summed E-state index contributed by atoms with van der Waals surface area (Å²) in [6.07, 6.45) is 2.54. The van der Waals surface area contributed by atoms with Gasteiger partial charge >= 0.3 is 0 Å². The molecule has 0 bridgehead atoms. The van der Waals surface area contributed by atoms with Crippen molar-refractivity contribution in [2.75, 3.05) is 12.3 Å². The van der Waals surface area contributed by atoms with E-state index >= 15 is 0 Å². The Bertz CT molecular complexity index is 581. The van der Waals surface area contributed by atoms with E-state index in [1.807, 2.05) is 6.92 Å². The minimum Gasteiger partial charge on any atom is -0.398 e. The number of unbranched alkanes of at least 4 members (excludes halogenated alkanes) is 2. The van der Waals surface area contributed by atoms with Crippen molar-refractivity contribution in [3.05, 3.63) is 23.8 Å². The van der Waals surface area contributed by atoms with Gasteiger partial charge in [-0.2, -0.15) is 0 Å². The van der Waals surface area contributed by atoms with Crippen molar-refractivity contribution in [3.63, 3.8) is 0 Å². The molecule has 0 atom stereocenters. The summed E-state index contributed by atoms with van der Waals surface area (Å²) < 4.78 is 25.3. The molecule has 5 nitrogen and oxygen atoms in total. The molecule has 2 rings (SSSR count). The lowest BCUT2D eigenvalue weighted by atomic mass is 10.1. The second-order valence-electron chi connectivity index (χ2n) is 4.31. The highest BCUT2D eigenvalue weighted by Crippen LogP contribution is 2.33. The number of hydrogen-bond acceptors (Lipinski definition) is 4. The van der Waals surface area contributed by atoms with Gasteiger partial charge in [0.2, 0.25) is 0 Å². The van der Waals surface area contributed by atoms with Crippen LogP contribution in [-0.4, -0.2) is 25.2 Å². The molecule has 0 unspecified atom stereocenters. The number of hydrogen-bond donors (Lipinski definition) is 1. The summed E-state index contributed by atoms with van der Waals surface area (Å²) in [4.78, 5) is 12.1. The first-order valence-electron chi connectivity index (χ1n) is 5.95. The van der Waals surface area contributed by atoms with Crippen LogP contribution in [0.25, 0.3) is 0 Å². The Morgan fingerprint density at radius 2 is 2.00 bits per heavy atom. The molecule has 18 heavy (non-hydrogen) atoms. The van der Waals surface area contributed by atoms with Gasteiger partial charge in [-0.05, 0) is 18.6 Å². The van der Waals surface area contributed by atoms with E-state index in [0.717, 1.165) is 17.1 Å². The molecule has 0 aromatic heterocycles. The van der Waals surface area contributed by atoms with Gasteiger partial charge in [0.25, 0.3) is 15.9 Å². The number of carbonyl (C=O) groups is 1. The number of anilines is 1. The van der Waals surface area contributed by atoms with E-state index in [0.29, 0.717) is 6.42 Å². The average Bonchev–Trinajstić information content (AvgIpc) is 2.51. The highest BCUT2D eigenvalue weighted by Gasteiger charge is 2.41. The van der Waals surface area contributed by atoms with Crippen LogP contribution in [0.1, 0.15) is 36.5 Å². The quantitative estimate of drug-likeness (QED) is 0.664. The Kier molecular flexibility index (Phi) is 3.30. The molecule has 1 aromatic rings. The maximum atomic E-state index is 12.2. The summed E-state index contributed by atoms with van der Waals surface area (Å²) in [5, 5.41) is 0. The van der Waals surface area contributed by atoms with Gasteiger partial charge in [0, 0.05) is 12.2 Å². The van der Waals surface area contributed by atoms with Gasteiger partial charge in [0.1, 0.15) is 4.90 Å². The maximum absolute atomic E-state index is 12.2. The average molecular weight is 268 g/mol. The van der Waals surface area contributed by atoms with Crippen LogP contribution in [-0.2, 0) is 10.0 Å². The van der Waals surface area contributed by atoms with Gasteiger partial charge in [0.15, 0.2) is 0 Å². The zero-order chi connectivity index (χ0) is 13.3. The van der Waals surface area contributed by atoms with Crippen LogP contribution >= 0.6 is 0 Å². The van der Waals surface area contributed by atoms with Gasteiger partial charge in [-0.15, -0.1) is 0 Å². The number of benzene rings is 1. The summed E-state index contributed by atoms with van der Waals surface area (Å²) in [5.74, 6) is -0.501. The number of nitrogen functional groups attached to an aromatic ring is 1. The van der Waals surface area contributed by atoms with Gasteiger partial charge in [-0.25, -0.2) is 12.7 Å². The molecule has 6 heteroatoms. The van der Waals surface area contributed by atoms with Crippen molar-refractivity contribution in [2.45, 2.75) is 31.1 Å². The van der Waals surface area contributed by atoms with Crippen molar-refractivity contribution >= 4 is 21.6 Å². The molecule has 0 saturated heterocycles. The van der Waals surface area contributed by atoms with E-state index in [4.69, 9.17) is 5.73 Å². The molecule has 0 saturated carbocycles. The highest BCUT2D eigenvalue weighted by molar-refractivity contribution is 7.90. The second-order valence-corrected chi connectivity index (χ2v) is 6.14. The van der Waals surface area contributed by atoms with Crippen molar-refractivity contribution < 1.29 is 13.2 Å². The van der Waals surface area contributed by atoms with Crippen LogP contribution in [0.4, 0.5) is 5.69 Å². The van der Waals surface area contributed by atoms with Crippen molar-refractivity contribution in [3.8, 4) is 0 Å². The van der Waals surface area contributed by atoms with Crippen LogP contribution in [0.5, 0.6) is 0 Å². The Labute approximate surface area is 107 Å². The molecule has 0 spiro atoms. The molecule has 1 aromatic carbocycles. The lowest BCUT2D eigenvalue weighted by Gasteiger charge is -2.14. The summed E-state index contributed by atoms with van der Waals surface area (Å²) >= 11 is 0. The topological polar surface area (TPSA) is 80.5 Å². The highest BCUT2D eigenvalue weighted by atomic mass is 32.2. The maximum Gasteiger partial charge on any atom is 0.271 e. The molecule has 0 aliphatic carbocycles. The number of amides is 1. The molecule has 98 valence electrons. The minimum absolute atomic E-state index is 0.0315. The molecule has 0 fully saturated rings. The Morgan fingerprint density at radius 3 is 2.61 bits per heavy atom. The normalized spacial score (nSPS) is 16.9. The number of rotatable bonds is 4. The smallest absolute Gasteiger partial charge is 0.271 e. The number of carbonyl (C=O) groups excluding carboxylic acids is 1. The number of fused-ring (bicyclic) bond motifs is 1. The Balaban J connectivity index is 2.39. The molecule has 1 aliphatic heterocycles. The number of nitrogens with two attached hydrogens (primary N) is 1. The van der Waals surface area contributed by atoms with Gasteiger partial charge in [-0.1, -0.05) is 25.8 Å². The number of nitrogens with zero attached hydrogens (tertiary/aromatic N) is 1. The van der Waals surface area contributed by atoms with Crippen molar-refractivity contribution in [1.29, 1.82) is 0 Å². The van der Waals surface area contributed by atoms with E-state index < -0.39 is 15.9 Å². The molecule has 0 radical (unpaired) electrons. The molecular formula is C12H16N2O3S. The fourth-order valence-electron chi connectivity index (χ4n) is 2.07. The van der Waals surface area contributed by atoms with E-state index in [1.54, 1.807) is 12.1 Å². The first-order chi connectivity index (χ1) is 8.50. The predicted molar refractivity (Wildman–Crippen MR) is 68.6 cm³/mol. The fourth-order valence-corrected chi connectivity index (χ4v) is 3.70. The Morgan fingerprint density at radius 1 is 1.28 bits per heavy atom. The monoisotopic (exact) mass is 268 g/mol. The summed E-state index contributed by atoms with van der Waals surface area (Å²) in [5.41, 5.74) is 6.03. The Hall–Kier alpha value is -1.56. The zero-order valence-electron chi connectivity index (χ0n) is 10.2. The van der Waals surface area contributed by atoms with Gasteiger partial charge < -0.3 is 5.73 Å². The molecular weight excluding hydrogens is 252 g/mol. The van der Waals surface area contributed by atoms with Crippen LogP contribution in [0.15, 0.2) is 23.1 Å². The minimum atomic E-state index is -3.69. The van der Waals surface area contributed by atoms with Gasteiger partial charge in [-0.3, -0.25) is 4.79 Å². The molecule has 2 N–H and O–H groups in total. The summed E-state index contributed by atoms with van der Waals surface area (Å²) in [7, 11) is -3.69. The summed E-state index contributed by atoms with van der Waals surface area (Å²) in [6.45, 7) is 2.25. The second kappa shape index (κ2) is 4.61. The van der Waals surface area contributed by atoms with Crippen molar-refractivity contribution in [1.82, 2.24) is 4.31 Å². The van der Waals surface area contributed by atoms with E-state index in [-0.39, 0.29) is 22.7 Å². The lowest BCUT2D eigenvalue weighted by Crippen LogP contribution is -2.31. The van der Waals surface area contributed by atoms with Crippen molar-refractivity contribution in [2.24, 2.45) is 0 Å². The third-order valence-electron chi connectivity index (χ3n) is 3.03. The standard InChI is InChI=1S/C12H16N2O3S/c1-2-3-4-8-14-12(15)11-9(13)6-5-7-10(11)18(14,16)17/h5-7H,2-4,8,13H2,1H3. The fraction of sp³-hybridized carbons (Fsp3) is 0.417. The van der Waals surface area contributed by atoms with Gasteiger partial charge in [0.05, 0.1) is 5.56 Å². The number of sulfonamides is 1. The SMILES string of the molecule is CCCCCN1C(=O)c2c(N)cccc2S1(=O)=O. The van der Waals surface area contributed by atoms with E-state index in [2.05, 4.69) is 0 Å². The predicted octanol–water partition coefficient (Wildman–Crippen LogP) is 1.60. The van der Waals surface area contributed by atoms with Crippen LogP contribution in [0, 0.1) is 0 Å². The zero-order valence-corrected chi connectivity index (χ0v) is 11.0. The third-order valence-corrected chi connectivity index (χ3v) is 4.86. The van der Waals surface area contributed by atoms with E-state index in [9.17, 15) is 13.2 Å². The first kappa shape index (κ1) is 12.9. The first-order valence-corrected chi connectivity index (χ1v) is 7.39. The van der Waals surface area contributed by atoms with E-state index in [1.165, 1.54) is 6.07 Å². The largest absolute Gasteiger partial charge is 0.398 e. The summed E-state index contributed by atoms with van der Waals surface area (Å²) in [6, 6.07) is 4.52.